The van der Waals surface area contributed by atoms with Gasteiger partial charge >= 0.3 is 0 Å². The molecular weight excluding hydrogens is 250 g/mol. The zero-order chi connectivity index (χ0) is 14.5. The van der Waals surface area contributed by atoms with Gasteiger partial charge in [0.2, 0.25) is 0 Å². The van der Waals surface area contributed by atoms with Crippen LogP contribution in [-0.2, 0) is 0 Å². The van der Waals surface area contributed by atoms with Crippen LogP contribution in [0.2, 0.25) is 0 Å². The van der Waals surface area contributed by atoms with E-state index in [9.17, 15) is 5.21 Å². The van der Waals surface area contributed by atoms with Crippen LogP contribution in [0.25, 0.3) is 0 Å². The molecule has 114 valence electrons. The van der Waals surface area contributed by atoms with Gasteiger partial charge < -0.3 is 9.94 Å². The Bertz CT molecular complexity index is 324. The van der Waals surface area contributed by atoms with Gasteiger partial charge in [-0.25, -0.2) is 0 Å². The highest BCUT2D eigenvalue weighted by Gasteiger charge is 1.96. The van der Waals surface area contributed by atoms with Gasteiger partial charge in [-0.1, -0.05) is 64.7 Å². The Morgan fingerprint density at radius 3 is 1.90 bits per heavy atom. The molecule has 0 fully saturated rings. The standard InChI is InChI=1S/C17H29NO2/c1-2-3-4-5-6-7-8-9-10-11-16-20-17-12-14-18(19)15-13-17/h12-15H,2-11,16H2,1H3. The molecule has 0 aliphatic rings. The van der Waals surface area contributed by atoms with Crippen molar-refractivity contribution >= 4 is 0 Å². The molecule has 1 rings (SSSR count). The highest BCUT2D eigenvalue weighted by molar-refractivity contribution is 5.14. The number of aromatic nitrogens is 1. The average molecular weight is 279 g/mol. The predicted molar refractivity (Wildman–Crippen MR) is 82.7 cm³/mol. The molecule has 0 saturated heterocycles. The summed E-state index contributed by atoms with van der Waals surface area (Å²) in [6.45, 7) is 3.01. The van der Waals surface area contributed by atoms with E-state index >= 15 is 0 Å². The molecule has 0 unspecified atom stereocenters. The first kappa shape index (κ1) is 16.8. The first-order valence-electron chi connectivity index (χ1n) is 8.14. The Morgan fingerprint density at radius 1 is 0.850 bits per heavy atom. The van der Waals surface area contributed by atoms with Crippen LogP contribution >= 0.6 is 0 Å². The summed E-state index contributed by atoms with van der Waals surface area (Å²) in [5.41, 5.74) is 0. The van der Waals surface area contributed by atoms with Crippen molar-refractivity contribution in [3.63, 3.8) is 0 Å². The number of unbranched alkanes of at least 4 members (excludes halogenated alkanes) is 9. The average Bonchev–Trinajstić information content (AvgIpc) is 2.47. The molecule has 20 heavy (non-hydrogen) atoms. The zero-order valence-corrected chi connectivity index (χ0v) is 12.9. The second-order valence-corrected chi connectivity index (χ2v) is 5.42. The van der Waals surface area contributed by atoms with Gasteiger partial charge in [0, 0.05) is 12.1 Å². The lowest BCUT2D eigenvalue weighted by Gasteiger charge is -2.05. The molecule has 0 radical (unpaired) electrons. The lowest BCUT2D eigenvalue weighted by molar-refractivity contribution is -0.605. The van der Waals surface area contributed by atoms with Crippen LogP contribution in [0.4, 0.5) is 0 Å². The summed E-state index contributed by atoms with van der Waals surface area (Å²) in [5.74, 6) is 0.785. The molecule has 0 amide bonds. The third kappa shape index (κ3) is 8.78. The summed E-state index contributed by atoms with van der Waals surface area (Å²) in [6, 6.07) is 3.42. The van der Waals surface area contributed by atoms with Crippen LogP contribution in [0.5, 0.6) is 5.75 Å². The van der Waals surface area contributed by atoms with Crippen LogP contribution in [0.15, 0.2) is 24.5 Å². The molecule has 0 aliphatic carbocycles. The SMILES string of the molecule is CCCCCCCCCCCCOc1cc[n+]([O-])cc1. The van der Waals surface area contributed by atoms with Crippen molar-refractivity contribution in [1.29, 1.82) is 0 Å². The Hall–Kier alpha value is -1.25. The molecule has 0 saturated carbocycles. The molecule has 1 heterocycles. The lowest BCUT2D eigenvalue weighted by atomic mass is 10.1. The molecule has 0 spiro atoms. The minimum atomic E-state index is 0.749. The summed E-state index contributed by atoms with van der Waals surface area (Å²) in [5, 5.41) is 10.8. The second kappa shape index (κ2) is 11.6. The highest BCUT2D eigenvalue weighted by Crippen LogP contribution is 2.11. The van der Waals surface area contributed by atoms with Gasteiger partial charge in [-0.3, -0.25) is 0 Å². The minimum Gasteiger partial charge on any atom is -0.619 e. The Balaban J connectivity index is 1.84. The van der Waals surface area contributed by atoms with E-state index in [-0.39, 0.29) is 0 Å². The smallest absolute Gasteiger partial charge is 0.184 e. The molecule has 3 nitrogen and oxygen atoms in total. The number of hydrogen-bond donors (Lipinski definition) is 0. The third-order valence-electron chi connectivity index (χ3n) is 3.54. The molecule has 1 aromatic rings. The molecule has 0 bridgehead atoms. The fourth-order valence-electron chi connectivity index (χ4n) is 2.27. The summed E-state index contributed by atoms with van der Waals surface area (Å²) in [6.07, 6.45) is 16.3. The van der Waals surface area contributed by atoms with Crippen molar-refractivity contribution < 1.29 is 9.47 Å². The van der Waals surface area contributed by atoms with E-state index < -0.39 is 0 Å². The van der Waals surface area contributed by atoms with Crippen molar-refractivity contribution in [1.82, 2.24) is 0 Å². The van der Waals surface area contributed by atoms with E-state index in [0.717, 1.165) is 23.5 Å². The number of pyridine rings is 1. The summed E-state index contributed by atoms with van der Waals surface area (Å²) in [7, 11) is 0. The quantitative estimate of drug-likeness (QED) is 0.318. The van der Waals surface area contributed by atoms with Gasteiger partial charge in [0.1, 0.15) is 5.75 Å². The lowest BCUT2D eigenvalue weighted by Crippen LogP contribution is -2.23. The van der Waals surface area contributed by atoms with Crippen molar-refractivity contribution in [2.45, 2.75) is 71.1 Å². The van der Waals surface area contributed by atoms with Gasteiger partial charge in [0.05, 0.1) is 6.61 Å². The first-order chi connectivity index (χ1) is 9.83. The van der Waals surface area contributed by atoms with E-state index in [4.69, 9.17) is 4.74 Å². The normalized spacial score (nSPS) is 10.7. The molecule has 1 aromatic heterocycles. The highest BCUT2D eigenvalue weighted by atomic mass is 16.5. The second-order valence-electron chi connectivity index (χ2n) is 5.42. The summed E-state index contributed by atoms with van der Waals surface area (Å²) < 4.78 is 6.35. The van der Waals surface area contributed by atoms with Gasteiger partial charge in [-0.05, 0) is 6.42 Å². The zero-order valence-electron chi connectivity index (χ0n) is 12.9. The van der Waals surface area contributed by atoms with E-state index in [1.54, 1.807) is 12.1 Å². The number of nitrogens with zero attached hydrogens (tertiary/aromatic N) is 1. The van der Waals surface area contributed by atoms with E-state index in [1.165, 1.54) is 70.2 Å². The van der Waals surface area contributed by atoms with Gasteiger partial charge in [0.15, 0.2) is 12.4 Å². The number of ether oxygens (including phenoxy) is 1. The maximum Gasteiger partial charge on any atom is 0.184 e. The maximum absolute atomic E-state index is 10.8. The summed E-state index contributed by atoms with van der Waals surface area (Å²) >= 11 is 0. The van der Waals surface area contributed by atoms with Crippen LogP contribution < -0.4 is 9.47 Å². The van der Waals surface area contributed by atoms with Crippen LogP contribution in [0.1, 0.15) is 71.1 Å². The molecule has 0 aliphatic heterocycles. The molecule has 3 heteroatoms. The maximum atomic E-state index is 10.8. The fourth-order valence-corrected chi connectivity index (χ4v) is 2.27. The van der Waals surface area contributed by atoms with Crippen LogP contribution in [0, 0.1) is 5.21 Å². The predicted octanol–water partition coefficient (Wildman–Crippen LogP) is 4.62. The third-order valence-corrected chi connectivity index (χ3v) is 3.54. The molecule has 0 N–H and O–H groups in total. The van der Waals surface area contributed by atoms with E-state index in [2.05, 4.69) is 6.92 Å². The van der Waals surface area contributed by atoms with Crippen molar-refractivity contribution in [2.24, 2.45) is 0 Å². The van der Waals surface area contributed by atoms with Gasteiger partial charge in [0.25, 0.3) is 0 Å². The Labute approximate surface area is 123 Å². The molecule has 0 aromatic carbocycles. The first-order valence-corrected chi connectivity index (χ1v) is 8.14. The van der Waals surface area contributed by atoms with Crippen molar-refractivity contribution in [3.05, 3.63) is 29.7 Å². The van der Waals surface area contributed by atoms with Crippen molar-refractivity contribution in [2.75, 3.05) is 6.61 Å². The van der Waals surface area contributed by atoms with Crippen LogP contribution in [0.3, 0.4) is 0 Å². The van der Waals surface area contributed by atoms with E-state index in [0.29, 0.717) is 0 Å². The van der Waals surface area contributed by atoms with Crippen LogP contribution in [-0.4, -0.2) is 6.61 Å². The van der Waals surface area contributed by atoms with Gasteiger partial charge in [-0.15, -0.1) is 0 Å². The Kier molecular flexibility index (Phi) is 9.72. The number of hydrogen-bond acceptors (Lipinski definition) is 2. The van der Waals surface area contributed by atoms with E-state index in [1.807, 2.05) is 0 Å². The fraction of sp³-hybridized carbons (Fsp3) is 0.706. The molecular formula is C17H29NO2. The Morgan fingerprint density at radius 2 is 1.35 bits per heavy atom. The number of rotatable bonds is 12. The largest absolute Gasteiger partial charge is 0.619 e. The molecule has 0 atom stereocenters. The van der Waals surface area contributed by atoms with Gasteiger partial charge in [-0.2, -0.15) is 4.73 Å². The van der Waals surface area contributed by atoms with Crippen molar-refractivity contribution in [3.8, 4) is 5.75 Å². The topological polar surface area (TPSA) is 36.2 Å². The monoisotopic (exact) mass is 279 g/mol. The minimum absolute atomic E-state index is 0.749. The summed E-state index contributed by atoms with van der Waals surface area (Å²) in [4.78, 5) is 0.